The summed E-state index contributed by atoms with van der Waals surface area (Å²) >= 11 is 0. The number of hydrogen-bond acceptors (Lipinski definition) is 6. The molecular formula is C9H16O6. The largest absolute Gasteiger partial charge is 0.456 e. The smallest absolute Gasteiger partial charge is 0.303 e. The van der Waals surface area contributed by atoms with Crippen LogP contribution in [0.25, 0.3) is 0 Å². The molecule has 0 aliphatic heterocycles. The van der Waals surface area contributed by atoms with Gasteiger partial charge in [-0.2, -0.15) is 0 Å². The molecule has 0 aromatic carbocycles. The maximum absolute atomic E-state index is 10.8. The lowest BCUT2D eigenvalue weighted by Gasteiger charge is -2.27. The summed E-state index contributed by atoms with van der Waals surface area (Å²) in [6.07, 6.45) is -2.19. The molecule has 0 fully saturated rings. The summed E-state index contributed by atoms with van der Waals surface area (Å²) in [5.41, 5.74) is 0. The van der Waals surface area contributed by atoms with Crippen LogP contribution in [0.1, 0.15) is 6.92 Å². The van der Waals surface area contributed by atoms with Crippen molar-refractivity contribution >= 4 is 12.3 Å². The van der Waals surface area contributed by atoms with Gasteiger partial charge in [0.15, 0.2) is 18.5 Å². The zero-order valence-electron chi connectivity index (χ0n) is 9.00. The fraction of sp³-hybridized carbons (Fsp3) is 0.778. The number of aliphatic hydroxyl groups is 1. The van der Waals surface area contributed by atoms with Gasteiger partial charge in [-0.1, -0.05) is 0 Å². The van der Waals surface area contributed by atoms with Crippen LogP contribution in [0.5, 0.6) is 0 Å². The van der Waals surface area contributed by atoms with Crippen molar-refractivity contribution in [3.05, 3.63) is 0 Å². The Kier molecular flexibility index (Phi) is 6.85. The number of rotatable bonds is 7. The molecule has 0 spiro atoms. The maximum Gasteiger partial charge on any atom is 0.303 e. The minimum Gasteiger partial charge on any atom is -0.456 e. The molecule has 1 N–H and O–H groups in total. The van der Waals surface area contributed by atoms with Crippen molar-refractivity contribution in [2.24, 2.45) is 0 Å². The SMILES string of the molecule is CO[C@@H](C=O)[C@@H](OC(C)=O)[C@@H](CO)OC. The van der Waals surface area contributed by atoms with Crippen LogP contribution in [0.15, 0.2) is 0 Å². The first-order chi connectivity index (χ1) is 7.10. The summed E-state index contributed by atoms with van der Waals surface area (Å²) in [6, 6.07) is 0. The van der Waals surface area contributed by atoms with Crippen LogP contribution in [-0.2, 0) is 23.8 Å². The molecular weight excluding hydrogens is 204 g/mol. The topological polar surface area (TPSA) is 82.1 Å². The van der Waals surface area contributed by atoms with E-state index >= 15 is 0 Å². The van der Waals surface area contributed by atoms with E-state index in [0.717, 1.165) is 0 Å². The molecule has 15 heavy (non-hydrogen) atoms. The van der Waals surface area contributed by atoms with E-state index in [-0.39, 0.29) is 6.61 Å². The van der Waals surface area contributed by atoms with E-state index < -0.39 is 24.3 Å². The summed E-state index contributed by atoms with van der Waals surface area (Å²) in [6.45, 7) is 0.830. The zero-order chi connectivity index (χ0) is 11.8. The van der Waals surface area contributed by atoms with Crippen molar-refractivity contribution in [2.45, 2.75) is 25.2 Å². The van der Waals surface area contributed by atoms with Crippen molar-refractivity contribution in [2.75, 3.05) is 20.8 Å². The molecule has 0 saturated carbocycles. The molecule has 0 bridgehead atoms. The fourth-order valence-electron chi connectivity index (χ4n) is 1.13. The number of carbonyl (C=O) groups is 2. The highest BCUT2D eigenvalue weighted by molar-refractivity contribution is 5.67. The van der Waals surface area contributed by atoms with E-state index in [9.17, 15) is 9.59 Å². The van der Waals surface area contributed by atoms with Gasteiger partial charge < -0.3 is 24.1 Å². The molecule has 0 aromatic heterocycles. The maximum atomic E-state index is 10.8. The monoisotopic (exact) mass is 220 g/mol. The fourth-order valence-corrected chi connectivity index (χ4v) is 1.13. The second-order valence-electron chi connectivity index (χ2n) is 2.87. The van der Waals surface area contributed by atoms with Crippen molar-refractivity contribution < 1.29 is 28.9 Å². The first-order valence-corrected chi connectivity index (χ1v) is 4.39. The van der Waals surface area contributed by atoms with Crippen molar-refractivity contribution in [3.8, 4) is 0 Å². The van der Waals surface area contributed by atoms with E-state index in [0.29, 0.717) is 6.29 Å². The molecule has 0 aliphatic rings. The number of ether oxygens (including phenoxy) is 3. The highest BCUT2D eigenvalue weighted by Gasteiger charge is 2.32. The summed E-state index contributed by atoms with van der Waals surface area (Å²) in [5, 5.41) is 8.96. The number of hydrogen-bond donors (Lipinski definition) is 1. The Balaban J connectivity index is 4.66. The van der Waals surface area contributed by atoms with E-state index in [4.69, 9.17) is 19.3 Å². The van der Waals surface area contributed by atoms with Crippen LogP contribution in [0.2, 0.25) is 0 Å². The molecule has 0 amide bonds. The van der Waals surface area contributed by atoms with Gasteiger partial charge in [0.05, 0.1) is 6.61 Å². The molecule has 88 valence electrons. The van der Waals surface area contributed by atoms with Crippen LogP contribution in [0.4, 0.5) is 0 Å². The lowest BCUT2D eigenvalue weighted by atomic mass is 10.1. The number of carbonyl (C=O) groups excluding carboxylic acids is 2. The average molecular weight is 220 g/mol. The molecule has 3 atom stereocenters. The van der Waals surface area contributed by atoms with Gasteiger partial charge in [0.25, 0.3) is 0 Å². The van der Waals surface area contributed by atoms with E-state index in [1.165, 1.54) is 21.1 Å². The first-order valence-electron chi connectivity index (χ1n) is 4.39. The van der Waals surface area contributed by atoms with Gasteiger partial charge in [-0.15, -0.1) is 0 Å². The normalized spacial score (nSPS) is 16.5. The molecule has 0 saturated heterocycles. The van der Waals surface area contributed by atoms with Crippen molar-refractivity contribution in [1.29, 1.82) is 0 Å². The third-order valence-corrected chi connectivity index (χ3v) is 1.88. The zero-order valence-corrected chi connectivity index (χ0v) is 9.00. The quantitative estimate of drug-likeness (QED) is 0.444. The number of esters is 1. The van der Waals surface area contributed by atoms with Crippen molar-refractivity contribution in [3.63, 3.8) is 0 Å². The standard InChI is InChI=1S/C9H16O6/c1-6(12)15-9(7(4-10)13-2)8(5-11)14-3/h4,7-9,11H,5H2,1-3H3/t7-,8+,9+/m0/s1. The van der Waals surface area contributed by atoms with Gasteiger partial charge in [0.1, 0.15) is 6.10 Å². The second-order valence-corrected chi connectivity index (χ2v) is 2.87. The minimum atomic E-state index is -0.953. The highest BCUT2D eigenvalue weighted by atomic mass is 16.6. The predicted octanol–water partition coefficient (Wildman–Crippen LogP) is -0.861. The van der Waals surface area contributed by atoms with Crippen LogP contribution >= 0.6 is 0 Å². The van der Waals surface area contributed by atoms with Gasteiger partial charge >= 0.3 is 5.97 Å². The third-order valence-electron chi connectivity index (χ3n) is 1.88. The summed E-state index contributed by atoms with van der Waals surface area (Å²) in [4.78, 5) is 21.4. The highest BCUT2D eigenvalue weighted by Crippen LogP contribution is 2.10. The molecule has 0 aliphatic carbocycles. The second kappa shape index (κ2) is 7.33. The molecule has 6 nitrogen and oxygen atoms in total. The van der Waals surface area contributed by atoms with Crippen molar-refractivity contribution in [1.82, 2.24) is 0 Å². The van der Waals surface area contributed by atoms with Crippen LogP contribution in [-0.4, -0.2) is 56.5 Å². The van der Waals surface area contributed by atoms with Gasteiger partial charge in [0, 0.05) is 21.1 Å². The van der Waals surface area contributed by atoms with E-state index in [1.807, 2.05) is 0 Å². The Labute approximate surface area is 88.1 Å². The Morgan fingerprint density at radius 3 is 2.27 bits per heavy atom. The number of aldehydes is 1. The molecule has 0 heterocycles. The third kappa shape index (κ3) is 4.37. The van der Waals surface area contributed by atoms with E-state index in [1.54, 1.807) is 0 Å². The lowest BCUT2D eigenvalue weighted by Crippen LogP contribution is -2.45. The van der Waals surface area contributed by atoms with Crippen LogP contribution in [0, 0.1) is 0 Å². The summed E-state index contributed by atoms with van der Waals surface area (Å²) < 4.78 is 14.5. The van der Waals surface area contributed by atoms with Gasteiger partial charge in [-0.25, -0.2) is 0 Å². The first kappa shape index (κ1) is 14.0. The predicted molar refractivity (Wildman–Crippen MR) is 50.3 cm³/mol. The number of methoxy groups -OCH3 is 2. The molecule has 0 unspecified atom stereocenters. The average Bonchev–Trinajstić information content (AvgIpc) is 2.20. The van der Waals surface area contributed by atoms with Gasteiger partial charge in [-0.05, 0) is 0 Å². The van der Waals surface area contributed by atoms with Crippen LogP contribution < -0.4 is 0 Å². The molecule has 0 aromatic rings. The Morgan fingerprint density at radius 1 is 1.40 bits per heavy atom. The Morgan fingerprint density at radius 2 is 2.00 bits per heavy atom. The lowest BCUT2D eigenvalue weighted by molar-refractivity contribution is -0.169. The van der Waals surface area contributed by atoms with E-state index in [2.05, 4.69) is 0 Å². The Hall–Kier alpha value is -0.980. The molecule has 0 radical (unpaired) electrons. The van der Waals surface area contributed by atoms with Crippen LogP contribution in [0.3, 0.4) is 0 Å². The summed E-state index contributed by atoms with van der Waals surface area (Å²) in [7, 11) is 2.65. The number of aliphatic hydroxyl groups excluding tert-OH is 1. The minimum absolute atomic E-state index is 0.373. The molecule has 6 heteroatoms. The Bertz CT molecular complexity index is 201. The van der Waals surface area contributed by atoms with Gasteiger partial charge in [-0.3, -0.25) is 4.79 Å². The molecule has 0 rings (SSSR count). The van der Waals surface area contributed by atoms with Gasteiger partial charge in [0.2, 0.25) is 0 Å². The summed E-state index contributed by atoms with van der Waals surface area (Å²) in [5.74, 6) is -0.570.